The van der Waals surface area contributed by atoms with E-state index < -0.39 is 0 Å². The Hall–Kier alpha value is -1.64. The number of hydrogen-bond donors (Lipinski definition) is 1. The van der Waals surface area contributed by atoms with Crippen LogP contribution in [-0.2, 0) is 17.6 Å². The first-order valence-electron chi connectivity index (χ1n) is 9.67. The molecule has 0 aliphatic heterocycles. The first-order chi connectivity index (χ1) is 11.7. The van der Waals surface area contributed by atoms with Gasteiger partial charge in [-0.3, -0.25) is 9.59 Å². The minimum Gasteiger partial charge on any atom is -0.353 e. The molecule has 0 atom stereocenters. The maximum atomic E-state index is 12.4. The fraction of sp³-hybridized carbons (Fsp3) is 0.619. The molecule has 0 spiro atoms. The molecule has 1 amide bonds. The number of benzene rings is 1. The third-order valence-electron chi connectivity index (χ3n) is 5.47. The molecular formula is C21H29NO2. The summed E-state index contributed by atoms with van der Waals surface area (Å²) in [6.45, 7) is 0. The molecule has 3 rings (SSSR count). The van der Waals surface area contributed by atoms with E-state index in [1.807, 2.05) is 6.07 Å². The zero-order chi connectivity index (χ0) is 16.8. The van der Waals surface area contributed by atoms with E-state index in [2.05, 4.69) is 17.4 Å². The summed E-state index contributed by atoms with van der Waals surface area (Å²) in [5, 5.41) is 3.12. The van der Waals surface area contributed by atoms with Crippen molar-refractivity contribution in [2.75, 3.05) is 0 Å². The number of ketones is 1. The third-order valence-corrected chi connectivity index (χ3v) is 5.47. The Morgan fingerprint density at radius 2 is 1.58 bits per heavy atom. The van der Waals surface area contributed by atoms with Crippen molar-refractivity contribution in [1.29, 1.82) is 0 Å². The Bertz CT molecular complexity index is 586. The van der Waals surface area contributed by atoms with E-state index in [1.165, 1.54) is 49.7 Å². The van der Waals surface area contributed by atoms with Gasteiger partial charge in [-0.05, 0) is 55.7 Å². The highest BCUT2D eigenvalue weighted by molar-refractivity contribution is 5.98. The van der Waals surface area contributed by atoms with Crippen molar-refractivity contribution in [1.82, 2.24) is 5.32 Å². The molecular weight excluding hydrogens is 298 g/mol. The normalized spacial score (nSPS) is 18.5. The summed E-state index contributed by atoms with van der Waals surface area (Å²) in [6.07, 6.45) is 12.5. The molecule has 3 nitrogen and oxygen atoms in total. The van der Waals surface area contributed by atoms with Crippen LogP contribution in [0.2, 0.25) is 0 Å². The summed E-state index contributed by atoms with van der Waals surface area (Å²) in [7, 11) is 0. The van der Waals surface area contributed by atoms with Gasteiger partial charge in [-0.2, -0.15) is 0 Å². The van der Waals surface area contributed by atoms with Gasteiger partial charge in [-0.1, -0.05) is 37.8 Å². The van der Waals surface area contributed by atoms with Crippen LogP contribution in [0.1, 0.15) is 85.7 Å². The van der Waals surface area contributed by atoms with Crippen LogP contribution < -0.4 is 5.32 Å². The van der Waals surface area contributed by atoms with Crippen LogP contribution in [-0.4, -0.2) is 17.7 Å². The second kappa shape index (κ2) is 8.46. The molecule has 1 N–H and O–H groups in total. The number of carbonyl (C=O) groups excluding carboxylic acids is 2. The Morgan fingerprint density at radius 1 is 0.875 bits per heavy atom. The van der Waals surface area contributed by atoms with Gasteiger partial charge in [0.05, 0.1) is 0 Å². The predicted molar refractivity (Wildman–Crippen MR) is 96.3 cm³/mol. The molecule has 0 heterocycles. The van der Waals surface area contributed by atoms with Crippen LogP contribution in [0.25, 0.3) is 0 Å². The number of nitrogens with one attached hydrogen (secondary N) is 1. The van der Waals surface area contributed by atoms with E-state index in [0.29, 0.717) is 18.9 Å². The van der Waals surface area contributed by atoms with Gasteiger partial charge in [0, 0.05) is 24.4 Å². The van der Waals surface area contributed by atoms with Gasteiger partial charge in [0.25, 0.3) is 0 Å². The number of carbonyl (C=O) groups is 2. The highest BCUT2D eigenvalue weighted by Gasteiger charge is 2.17. The first kappa shape index (κ1) is 17.2. The number of Topliss-reactive ketones (excluding diaryl/α,β-unsaturated/α-hetero) is 1. The number of rotatable bonds is 5. The molecule has 1 aromatic carbocycles. The SMILES string of the molecule is O=C(CCC(=O)c1ccc2c(c1)CCCC2)NC1CCCCCC1. The van der Waals surface area contributed by atoms with E-state index in [4.69, 9.17) is 0 Å². The van der Waals surface area contributed by atoms with Gasteiger partial charge in [0.1, 0.15) is 0 Å². The molecule has 24 heavy (non-hydrogen) atoms. The van der Waals surface area contributed by atoms with Crippen molar-refractivity contribution >= 4 is 11.7 Å². The molecule has 0 bridgehead atoms. The lowest BCUT2D eigenvalue weighted by Gasteiger charge is -2.17. The second-order valence-corrected chi connectivity index (χ2v) is 7.37. The topological polar surface area (TPSA) is 46.2 Å². The molecule has 2 aliphatic rings. The molecule has 130 valence electrons. The molecule has 2 aliphatic carbocycles. The Labute approximate surface area is 145 Å². The molecule has 0 aromatic heterocycles. The van der Waals surface area contributed by atoms with Crippen molar-refractivity contribution in [3.05, 3.63) is 34.9 Å². The number of amides is 1. The summed E-state index contributed by atoms with van der Waals surface area (Å²) in [5.74, 6) is 0.132. The third kappa shape index (κ3) is 4.68. The molecule has 0 saturated heterocycles. The maximum absolute atomic E-state index is 12.4. The molecule has 1 aromatic rings. The Balaban J connectivity index is 1.48. The minimum atomic E-state index is 0.0354. The lowest BCUT2D eigenvalue weighted by Crippen LogP contribution is -2.34. The van der Waals surface area contributed by atoms with Crippen LogP contribution >= 0.6 is 0 Å². The standard InChI is InChI=1S/C21H29NO2/c23-20(18-12-11-16-7-5-6-8-17(16)15-18)13-14-21(24)22-19-9-3-1-2-4-10-19/h11-12,15,19H,1-10,13-14H2,(H,22,24). The lowest BCUT2D eigenvalue weighted by molar-refractivity contribution is -0.121. The van der Waals surface area contributed by atoms with Gasteiger partial charge in [0.15, 0.2) is 5.78 Å². The van der Waals surface area contributed by atoms with Crippen LogP contribution in [0, 0.1) is 0 Å². The zero-order valence-corrected chi connectivity index (χ0v) is 14.6. The van der Waals surface area contributed by atoms with Crippen molar-refractivity contribution in [3.8, 4) is 0 Å². The smallest absolute Gasteiger partial charge is 0.220 e. The van der Waals surface area contributed by atoms with E-state index >= 15 is 0 Å². The van der Waals surface area contributed by atoms with Crippen LogP contribution in [0.3, 0.4) is 0 Å². The highest BCUT2D eigenvalue weighted by atomic mass is 16.2. The van der Waals surface area contributed by atoms with Gasteiger partial charge in [-0.15, -0.1) is 0 Å². The quantitative estimate of drug-likeness (QED) is 0.645. The van der Waals surface area contributed by atoms with Crippen LogP contribution in [0.15, 0.2) is 18.2 Å². The fourth-order valence-corrected chi connectivity index (χ4v) is 4.00. The van der Waals surface area contributed by atoms with E-state index in [-0.39, 0.29) is 11.7 Å². The largest absolute Gasteiger partial charge is 0.353 e. The predicted octanol–water partition coefficient (Wildman–Crippen LogP) is 4.37. The average molecular weight is 327 g/mol. The van der Waals surface area contributed by atoms with Gasteiger partial charge < -0.3 is 5.32 Å². The fourth-order valence-electron chi connectivity index (χ4n) is 4.00. The van der Waals surface area contributed by atoms with Gasteiger partial charge >= 0.3 is 0 Å². The Kier molecular flexibility index (Phi) is 6.06. The molecule has 3 heteroatoms. The highest BCUT2D eigenvalue weighted by Crippen LogP contribution is 2.23. The molecule has 1 saturated carbocycles. The minimum absolute atomic E-state index is 0.0354. The maximum Gasteiger partial charge on any atom is 0.220 e. The lowest BCUT2D eigenvalue weighted by atomic mass is 9.89. The second-order valence-electron chi connectivity index (χ2n) is 7.37. The van der Waals surface area contributed by atoms with Crippen LogP contribution in [0.4, 0.5) is 0 Å². The summed E-state index contributed by atoms with van der Waals surface area (Å²) < 4.78 is 0. The summed E-state index contributed by atoms with van der Waals surface area (Å²) in [5.41, 5.74) is 3.50. The van der Waals surface area contributed by atoms with Gasteiger partial charge in [-0.25, -0.2) is 0 Å². The molecule has 0 unspecified atom stereocenters. The van der Waals surface area contributed by atoms with E-state index in [0.717, 1.165) is 31.2 Å². The zero-order valence-electron chi connectivity index (χ0n) is 14.6. The number of aryl methyl sites for hydroxylation is 2. The number of fused-ring (bicyclic) bond motifs is 1. The monoisotopic (exact) mass is 327 g/mol. The summed E-state index contributed by atoms with van der Waals surface area (Å²) in [4.78, 5) is 24.5. The van der Waals surface area contributed by atoms with Crippen molar-refractivity contribution in [2.24, 2.45) is 0 Å². The average Bonchev–Trinajstić information content (AvgIpc) is 2.88. The van der Waals surface area contributed by atoms with E-state index in [9.17, 15) is 9.59 Å². The molecule has 1 fully saturated rings. The summed E-state index contributed by atoms with van der Waals surface area (Å²) in [6, 6.07) is 6.42. The first-order valence-corrected chi connectivity index (χ1v) is 9.67. The van der Waals surface area contributed by atoms with E-state index in [1.54, 1.807) is 0 Å². The number of hydrogen-bond acceptors (Lipinski definition) is 2. The van der Waals surface area contributed by atoms with Crippen LogP contribution in [0.5, 0.6) is 0 Å². The summed E-state index contributed by atoms with van der Waals surface area (Å²) >= 11 is 0. The van der Waals surface area contributed by atoms with Crippen molar-refractivity contribution in [3.63, 3.8) is 0 Å². The molecule has 0 radical (unpaired) electrons. The van der Waals surface area contributed by atoms with Crippen molar-refractivity contribution in [2.45, 2.75) is 83.1 Å². The van der Waals surface area contributed by atoms with Gasteiger partial charge in [0.2, 0.25) is 5.91 Å². The van der Waals surface area contributed by atoms with Crippen molar-refractivity contribution < 1.29 is 9.59 Å². The Morgan fingerprint density at radius 3 is 2.33 bits per heavy atom.